The van der Waals surface area contributed by atoms with Crippen LogP contribution in [-0.2, 0) is 9.53 Å². The summed E-state index contributed by atoms with van der Waals surface area (Å²) in [4.78, 5) is 17.5. The number of carbonyl (C=O) groups is 1. The third kappa shape index (κ3) is 4.80. The first-order valence-corrected chi connectivity index (χ1v) is 8.70. The minimum atomic E-state index is -0.953. The Morgan fingerprint density at radius 2 is 2.17 bits per heavy atom. The Labute approximate surface area is 147 Å². The summed E-state index contributed by atoms with van der Waals surface area (Å²) >= 11 is 6.37. The summed E-state index contributed by atoms with van der Waals surface area (Å²) in [6, 6.07) is 9.87. The van der Waals surface area contributed by atoms with Crippen molar-refractivity contribution in [1.29, 1.82) is 5.26 Å². The molecule has 1 fully saturated rings. The third-order valence-electron chi connectivity index (χ3n) is 4.24. The number of nitriles is 1. The van der Waals surface area contributed by atoms with Crippen molar-refractivity contribution in [3.05, 3.63) is 34.9 Å². The van der Waals surface area contributed by atoms with E-state index in [1.165, 1.54) is 24.0 Å². The van der Waals surface area contributed by atoms with E-state index in [2.05, 4.69) is 4.99 Å². The number of ether oxygens (including phenoxy) is 1. The van der Waals surface area contributed by atoms with Crippen LogP contribution in [0.15, 0.2) is 29.3 Å². The van der Waals surface area contributed by atoms with Crippen molar-refractivity contribution in [1.82, 2.24) is 0 Å². The van der Waals surface area contributed by atoms with Gasteiger partial charge in [-0.1, -0.05) is 29.8 Å². The van der Waals surface area contributed by atoms with E-state index in [-0.39, 0.29) is 12.6 Å². The predicted octanol–water partition coefficient (Wildman–Crippen LogP) is 1.83. The van der Waals surface area contributed by atoms with E-state index < -0.39 is 11.9 Å². The fraction of sp³-hybridized carbons (Fsp3) is 0.500. The monoisotopic (exact) mass is 348 g/mol. The molecule has 1 aliphatic rings. The zero-order valence-corrected chi connectivity index (χ0v) is 14.6. The number of rotatable bonds is 7. The number of hydrogen-bond donors (Lipinski definition) is 1. The Hall–Kier alpha value is -1.90. The highest BCUT2D eigenvalue weighted by atomic mass is 35.5. The molecule has 1 aromatic carbocycles. The lowest BCUT2D eigenvalue weighted by molar-refractivity contribution is -0.918. The van der Waals surface area contributed by atoms with Gasteiger partial charge in [0.25, 0.3) is 0 Å². The minimum Gasteiger partial charge on any atom is -0.465 e. The SMILES string of the molecule is CCOC(=O)[C@@H](C#N)C=NC[C@@H](c1ccccc1Cl)[NH+]1CCCC1. The molecule has 6 heteroatoms. The number of benzene rings is 1. The van der Waals surface area contributed by atoms with Gasteiger partial charge in [-0.2, -0.15) is 5.26 Å². The highest BCUT2D eigenvalue weighted by molar-refractivity contribution is 6.31. The third-order valence-corrected chi connectivity index (χ3v) is 4.59. The van der Waals surface area contributed by atoms with E-state index in [4.69, 9.17) is 21.6 Å². The number of nitrogens with one attached hydrogen (secondary N) is 1. The maximum Gasteiger partial charge on any atom is 0.328 e. The highest BCUT2D eigenvalue weighted by Crippen LogP contribution is 2.21. The number of carbonyl (C=O) groups excluding carboxylic acids is 1. The first-order valence-electron chi connectivity index (χ1n) is 8.32. The Morgan fingerprint density at radius 1 is 1.46 bits per heavy atom. The van der Waals surface area contributed by atoms with Crippen molar-refractivity contribution < 1.29 is 14.4 Å². The van der Waals surface area contributed by atoms with E-state index in [0.29, 0.717) is 6.54 Å². The zero-order valence-electron chi connectivity index (χ0n) is 13.9. The average molecular weight is 349 g/mol. The van der Waals surface area contributed by atoms with Crippen molar-refractivity contribution in [2.75, 3.05) is 26.2 Å². The lowest BCUT2D eigenvalue weighted by Gasteiger charge is -2.24. The molecule has 0 saturated carbocycles. The number of hydrogen-bond acceptors (Lipinski definition) is 4. The number of esters is 1. The summed E-state index contributed by atoms with van der Waals surface area (Å²) in [7, 11) is 0. The van der Waals surface area contributed by atoms with Gasteiger partial charge in [-0.05, 0) is 13.0 Å². The van der Waals surface area contributed by atoms with Crippen molar-refractivity contribution in [2.24, 2.45) is 10.9 Å². The van der Waals surface area contributed by atoms with Crippen LogP contribution in [0.1, 0.15) is 31.4 Å². The Morgan fingerprint density at radius 3 is 2.79 bits per heavy atom. The lowest BCUT2D eigenvalue weighted by Crippen LogP contribution is -3.10. The molecule has 1 saturated heterocycles. The first-order chi connectivity index (χ1) is 11.7. The standard InChI is InChI=1S/C18H22ClN3O2/c1-2-24-18(23)14(11-20)12-21-13-17(22-9-5-6-10-22)15-7-3-4-8-16(15)19/h3-4,7-8,12,14,17H,2,5-6,9-10,13H2,1H3/p+1/t14-,17-/m0/s1. The smallest absolute Gasteiger partial charge is 0.328 e. The van der Waals surface area contributed by atoms with Crippen LogP contribution in [0.3, 0.4) is 0 Å². The summed E-state index contributed by atoms with van der Waals surface area (Å²) in [5.74, 6) is -1.50. The van der Waals surface area contributed by atoms with E-state index in [1.54, 1.807) is 6.92 Å². The van der Waals surface area contributed by atoms with Gasteiger partial charge >= 0.3 is 5.97 Å². The fourth-order valence-electron chi connectivity index (χ4n) is 3.03. The first kappa shape index (κ1) is 18.4. The second-order valence-electron chi connectivity index (χ2n) is 5.81. The van der Waals surface area contributed by atoms with Crippen LogP contribution in [0.2, 0.25) is 5.02 Å². The molecular weight excluding hydrogens is 326 g/mol. The second kappa shape index (κ2) is 9.41. The number of likely N-dealkylation sites (tertiary alicyclic amines) is 1. The molecule has 2 atom stereocenters. The number of nitrogens with zero attached hydrogens (tertiary/aromatic N) is 2. The maximum atomic E-state index is 11.7. The van der Waals surface area contributed by atoms with Crippen LogP contribution >= 0.6 is 11.6 Å². The zero-order chi connectivity index (χ0) is 17.4. The molecule has 0 radical (unpaired) electrons. The maximum absolute atomic E-state index is 11.7. The molecule has 1 N–H and O–H groups in total. The number of halogens is 1. The summed E-state index contributed by atoms with van der Waals surface area (Å²) in [5, 5.41) is 9.83. The largest absolute Gasteiger partial charge is 0.465 e. The van der Waals surface area contributed by atoms with Crippen LogP contribution in [0.25, 0.3) is 0 Å². The molecule has 0 aromatic heterocycles. The van der Waals surface area contributed by atoms with Crippen LogP contribution in [0, 0.1) is 17.2 Å². The highest BCUT2D eigenvalue weighted by Gasteiger charge is 2.28. The molecule has 0 aliphatic carbocycles. The Bertz CT molecular complexity index is 621. The molecule has 0 spiro atoms. The topological polar surface area (TPSA) is 66.9 Å². The molecule has 1 aliphatic heterocycles. The summed E-state index contributed by atoms with van der Waals surface area (Å²) in [6.07, 6.45) is 3.80. The number of aliphatic imine (C=N–C) groups is 1. The van der Waals surface area contributed by atoms with Gasteiger partial charge in [0.15, 0.2) is 5.92 Å². The molecule has 128 valence electrons. The summed E-state index contributed by atoms with van der Waals surface area (Å²) in [5.41, 5.74) is 1.07. The summed E-state index contributed by atoms with van der Waals surface area (Å²) in [6.45, 7) is 4.64. The van der Waals surface area contributed by atoms with Gasteiger partial charge in [0.05, 0.1) is 32.3 Å². The van der Waals surface area contributed by atoms with Crippen LogP contribution < -0.4 is 4.90 Å². The molecule has 5 nitrogen and oxygen atoms in total. The van der Waals surface area contributed by atoms with Crippen LogP contribution in [0.5, 0.6) is 0 Å². The molecule has 0 unspecified atom stereocenters. The van der Waals surface area contributed by atoms with Gasteiger partial charge in [-0.3, -0.25) is 9.79 Å². The molecule has 0 amide bonds. The van der Waals surface area contributed by atoms with Gasteiger partial charge in [0.1, 0.15) is 6.04 Å². The lowest BCUT2D eigenvalue weighted by atomic mass is 10.1. The van der Waals surface area contributed by atoms with Gasteiger partial charge in [-0.15, -0.1) is 0 Å². The van der Waals surface area contributed by atoms with Gasteiger partial charge in [0.2, 0.25) is 0 Å². The van der Waals surface area contributed by atoms with Crippen molar-refractivity contribution >= 4 is 23.8 Å². The van der Waals surface area contributed by atoms with Crippen molar-refractivity contribution in [2.45, 2.75) is 25.8 Å². The van der Waals surface area contributed by atoms with E-state index >= 15 is 0 Å². The van der Waals surface area contributed by atoms with Crippen LogP contribution in [-0.4, -0.2) is 38.4 Å². The quantitative estimate of drug-likeness (QED) is 0.604. The molecule has 1 heterocycles. The van der Waals surface area contributed by atoms with Gasteiger partial charge in [0, 0.05) is 29.6 Å². The van der Waals surface area contributed by atoms with E-state index in [9.17, 15) is 4.79 Å². The van der Waals surface area contributed by atoms with Gasteiger partial charge < -0.3 is 9.64 Å². The molecule has 0 bridgehead atoms. The minimum absolute atomic E-state index is 0.138. The summed E-state index contributed by atoms with van der Waals surface area (Å²) < 4.78 is 4.88. The van der Waals surface area contributed by atoms with Crippen molar-refractivity contribution in [3.8, 4) is 6.07 Å². The molecular formula is C18H23ClN3O2+. The van der Waals surface area contributed by atoms with E-state index in [1.807, 2.05) is 30.3 Å². The Kier molecular flexibility index (Phi) is 7.23. The predicted molar refractivity (Wildman–Crippen MR) is 93.2 cm³/mol. The molecule has 2 rings (SSSR count). The molecule has 24 heavy (non-hydrogen) atoms. The van der Waals surface area contributed by atoms with Gasteiger partial charge in [-0.25, -0.2) is 0 Å². The average Bonchev–Trinajstić information content (AvgIpc) is 3.10. The van der Waals surface area contributed by atoms with Crippen molar-refractivity contribution in [3.63, 3.8) is 0 Å². The normalized spacial score (nSPS) is 17.5. The van der Waals surface area contributed by atoms with Crippen LogP contribution in [0.4, 0.5) is 0 Å². The molecule has 1 aromatic rings. The number of quaternary nitrogens is 1. The fourth-order valence-corrected chi connectivity index (χ4v) is 3.30. The second-order valence-corrected chi connectivity index (χ2v) is 6.22. The Balaban J connectivity index is 2.11. The van der Waals surface area contributed by atoms with E-state index in [0.717, 1.165) is 23.7 Å².